The van der Waals surface area contributed by atoms with Gasteiger partial charge in [0.25, 0.3) is 0 Å². The van der Waals surface area contributed by atoms with E-state index in [0.29, 0.717) is 6.54 Å². The van der Waals surface area contributed by atoms with Crippen LogP contribution >= 0.6 is 0 Å². The minimum Gasteiger partial charge on any atom is -0.354 e. The highest BCUT2D eigenvalue weighted by molar-refractivity contribution is 5.95. The third kappa shape index (κ3) is 8.22. The van der Waals surface area contributed by atoms with Crippen molar-refractivity contribution in [3.63, 3.8) is 0 Å². The maximum atomic E-state index is 12.9. The van der Waals surface area contributed by atoms with Crippen molar-refractivity contribution in [3.05, 3.63) is 42.2 Å². The zero-order chi connectivity index (χ0) is 28.4. The van der Waals surface area contributed by atoms with Crippen LogP contribution in [0.1, 0.15) is 76.8 Å². The highest BCUT2D eigenvalue weighted by atomic mass is 16.2. The van der Waals surface area contributed by atoms with Crippen molar-refractivity contribution < 1.29 is 4.79 Å². The molecular weight excluding hydrogens is 510 g/mol. The lowest BCUT2D eigenvalue weighted by Gasteiger charge is -2.35. The summed E-state index contributed by atoms with van der Waals surface area (Å²) in [4.78, 5) is 29.6. The molecule has 0 unspecified atom stereocenters. The fraction of sp³-hybridized carbons (Fsp3) is 0.606. The molecule has 2 fully saturated rings. The van der Waals surface area contributed by atoms with Crippen LogP contribution in [0, 0.1) is 6.92 Å². The summed E-state index contributed by atoms with van der Waals surface area (Å²) < 4.78 is 2.34. The summed E-state index contributed by atoms with van der Waals surface area (Å²) in [5.74, 6) is 1.93. The van der Waals surface area contributed by atoms with E-state index in [2.05, 4.69) is 68.9 Å². The summed E-state index contributed by atoms with van der Waals surface area (Å²) in [6, 6.07) is 10.5. The van der Waals surface area contributed by atoms with Crippen LogP contribution in [0.25, 0.3) is 10.9 Å². The Balaban J connectivity index is 1.09. The standard InChI is InChI=1S/C33H49N7O/c1-3-4-5-6-7-10-16-38-19-15-28-25-29(13-14-30(28)38)35-32(41)26-37-20-22-39(23-21-37)31-24-27(2)34-33(36-31)40-17-11-8-9-12-18-40/h13-15,19,24-25H,3-12,16-18,20-23,26H2,1-2H3,(H,35,41). The van der Waals surface area contributed by atoms with Gasteiger partial charge in [-0.1, -0.05) is 51.9 Å². The van der Waals surface area contributed by atoms with Gasteiger partial charge in [0, 0.05) is 80.4 Å². The molecule has 222 valence electrons. The number of hydrogen-bond acceptors (Lipinski definition) is 6. The Kier molecular flexibility index (Phi) is 10.5. The Labute approximate surface area is 246 Å². The smallest absolute Gasteiger partial charge is 0.238 e. The molecule has 0 spiro atoms. The highest BCUT2D eigenvalue weighted by Crippen LogP contribution is 2.23. The average Bonchev–Trinajstić information content (AvgIpc) is 3.17. The van der Waals surface area contributed by atoms with Crippen LogP contribution in [0.4, 0.5) is 17.5 Å². The largest absolute Gasteiger partial charge is 0.354 e. The average molecular weight is 560 g/mol. The first-order chi connectivity index (χ1) is 20.1. The monoisotopic (exact) mass is 559 g/mol. The van der Waals surface area contributed by atoms with E-state index in [1.54, 1.807) is 0 Å². The van der Waals surface area contributed by atoms with E-state index in [9.17, 15) is 4.79 Å². The summed E-state index contributed by atoms with van der Waals surface area (Å²) in [6.07, 6.45) is 15.0. The molecule has 41 heavy (non-hydrogen) atoms. The molecule has 1 aromatic carbocycles. The van der Waals surface area contributed by atoms with E-state index < -0.39 is 0 Å². The zero-order valence-corrected chi connectivity index (χ0v) is 25.3. The van der Waals surface area contributed by atoms with Crippen molar-refractivity contribution >= 4 is 34.3 Å². The van der Waals surface area contributed by atoms with Gasteiger partial charge < -0.3 is 19.7 Å². The summed E-state index contributed by atoms with van der Waals surface area (Å²) >= 11 is 0. The number of anilines is 3. The molecule has 2 saturated heterocycles. The number of unbranched alkanes of at least 4 members (excludes halogenated alkanes) is 5. The van der Waals surface area contributed by atoms with Crippen molar-refractivity contribution in [2.24, 2.45) is 0 Å². The summed E-state index contributed by atoms with van der Waals surface area (Å²) in [5, 5.41) is 4.31. The molecule has 1 amide bonds. The molecule has 2 aliphatic heterocycles. The van der Waals surface area contributed by atoms with E-state index in [4.69, 9.17) is 9.97 Å². The number of carbonyl (C=O) groups is 1. The lowest BCUT2D eigenvalue weighted by Crippen LogP contribution is -2.49. The Morgan fingerprint density at radius 2 is 1.59 bits per heavy atom. The SMILES string of the molecule is CCCCCCCCn1ccc2cc(NC(=O)CN3CCN(c4cc(C)nc(N5CCCCCC5)n4)CC3)ccc21. The van der Waals surface area contributed by atoms with Gasteiger partial charge in [0.15, 0.2) is 0 Å². The molecule has 2 aliphatic rings. The molecular formula is C33H49N7O. The van der Waals surface area contributed by atoms with E-state index in [1.807, 2.05) is 6.07 Å². The molecule has 8 nitrogen and oxygen atoms in total. The first-order valence-electron chi connectivity index (χ1n) is 16.1. The second-order valence-corrected chi connectivity index (χ2v) is 11.9. The fourth-order valence-electron chi connectivity index (χ4n) is 6.18. The Hall–Kier alpha value is -3.13. The van der Waals surface area contributed by atoms with Gasteiger partial charge in [-0.25, -0.2) is 4.98 Å². The van der Waals surface area contributed by atoms with Crippen LogP contribution in [0.2, 0.25) is 0 Å². The topological polar surface area (TPSA) is 69.5 Å². The maximum Gasteiger partial charge on any atom is 0.238 e. The lowest BCUT2D eigenvalue weighted by molar-refractivity contribution is -0.117. The summed E-state index contributed by atoms with van der Waals surface area (Å²) in [5.41, 5.74) is 3.13. The molecule has 1 N–H and O–H groups in total. The van der Waals surface area contributed by atoms with Gasteiger partial charge in [0.05, 0.1) is 6.54 Å². The van der Waals surface area contributed by atoms with Crippen molar-refractivity contribution in [3.8, 4) is 0 Å². The van der Waals surface area contributed by atoms with Crippen molar-refractivity contribution in [2.45, 2.75) is 84.6 Å². The number of amides is 1. The van der Waals surface area contributed by atoms with E-state index >= 15 is 0 Å². The Morgan fingerprint density at radius 1 is 0.829 bits per heavy atom. The number of nitrogens with zero attached hydrogens (tertiary/aromatic N) is 6. The second kappa shape index (κ2) is 14.7. The quantitative estimate of drug-likeness (QED) is 0.265. The second-order valence-electron chi connectivity index (χ2n) is 11.9. The normalized spacial score (nSPS) is 16.7. The molecule has 0 saturated carbocycles. The summed E-state index contributed by atoms with van der Waals surface area (Å²) in [6.45, 7) is 11.3. The maximum absolute atomic E-state index is 12.9. The van der Waals surface area contributed by atoms with Crippen LogP contribution in [0.3, 0.4) is 0 Å². The predicted molar refractivity (Wildman–Crippen MR) is 170 cm³/mol. The Bertz CT molecular complexity index is 1260. The molecule has 4 heterocycles. The number of aromatic nitrogens is 3. The lowest BCUT2D eigenvalue weighted by atomic mass is 10.1. The molecule has 0 radical (unpaired) electrons. The number of piperazine rings is 1. The van der Waals surface area contributed by atoms with Gasteiger partial charge in [-0.2, -0.15) is 4.98 Å². The number of nitrogens with one attached hydrogen (secondary N) is 1. The minimum atomic E-state index is 0.0469. The molecule has 0 bridgehead atoms. The van der Waals surface area contributed by atoms with Gasteiger partial charge in [0.2, 0.25) is 11.9 Å². The fourth-order valence-corrected chi connectivity index (χ4v) is 6.18. The summed E-state index contributed by atoms with van der Waals surface area (Å²) in [7, 11) is 0. The van der Waals surface area contributed by atoms with E-state index in [0.717, 1.165) is 69.0 Å². The molecule has 5 rings (SSSR count). The van der Waals surface area contributed by atoms with Gasteiger partial charge in [-0.3, -0.25) is 9.69 Å². The first-order valence-corrected chi connectivity index (χ1v) is 16.1. The molecule has 3 aromatic rings. The predicted octanol–water partition coefficient (Wildman–Crippen LogP) is 6.24. The van der Waals surface area contributed by atoms with Gasteiger partial charge in [-0.15, -0.1) is 0 Å². The number of hydrogen-bond donors (Lipinski definition) is 1. The number of benzene rings is 1. The number of aryl methyl sites for hydroxylation is 2. The first kappa shape index (κ1) is 29.4. The third-order valence-corrected chi connectivity index (χ3v) is 8.59. The molecule has 0 aliphatic carbocycles. The van der Waals surface area contributed by atoms with Crippen LogP contribution in [-0.2, 0) is 11.3 Å². The van der Waals surface area contributed by atoms with E-state index in [1.165, 1.54) is 75.1 Å². The number of rotatable bonds is 12. The molecule has 2 aromatic heterocycles. The third-order valence-electron chi connectivity index (χ3n) is 8.59. The van der Waals surface area contributed by atoms with Crippen molar-refractivity contribution in [1.82, 2.24) is 19.4 Å². The van der Waals surface area contributed by atoms with Crippen molar-refractivity contribution in [2.75, 3.05) is 60.9 Å². The zero-order valence-electron chi connectivity index (χ0n) is 25.3. The minimum absolute atomic E-state index is 0.0469. The number of carbonyl (C=O) groups excluding carboxylic acids is 1. The molecule has 8 heteroatoms. The number of fused-ring (bicyclic) bond motifs is 1. The van der Waals surface area contributed by atoms with E-state index in [-0.39, 0.29) is 5.91 Å². The van der Waals surface area contributed by atoms with Gasteiger partial charge >= 0.3 is 0 Å². The van der Waals surface area contributed by atoms with Crippen LogP contribution in [-0.4, -0.2) is 71.2 Å². The van der Waals surface area contributed by atoms with Gasteiger partial charge in [-0.05, 0) is 50.5 Å². The Morgan fingerprint density at radius 3 is 2.37 bits per heavy atom. The highest BCUT2D eigenvalue weighted by Gasteiger charge is 2.22. The van der Waals surface area contributed by atoms with Crippen molar-refractivity contribution in [1.29, 1.82) is 0 Å². The molecule has 0 atom stereocenters. The van der Waals surface area contributed by atoms with Crippen LogP contribution < -0.4 is 15.1 Å². The van der Waals surface area contributed by atoms with Crippen LogP contribution in [0.15, 0.2) is 36.5 Å². The van der Waals surface area contributed by atoms with Crippen LogP contribution in [0.5, 0.6) is 0 Å². The van der Waals surface area contributed by atoms with Gasteiger partial charge in [0.1, 0.15) is 5.82 Å².